The lowest BCUT2D eigenvalue weighted by atomic mass is 10.1. The summed E-state index contributed by atoms with van der Waals surface area (Å²) in [6.07, 6.45) is 0. The topological polar surface area (TPSA) is 72.5 Å². The summed E-state index contributed by atoms with van der Waals surface area (Å²) in [6.45, 7) is 0.686. The van der Waals surface area contributed by atoms with Crippen LogP contribution >= 0.6 is 11.3 Å². The largest absolute Gasteiger partial charge is 0.496 e. The molecule has 0 saturated carbocycles. The maximum Gasteiger partial charge on any atom is 0.262 e. The van der Waals surface area contributed by atoms with Gasteiger partial charge in [0.2, 0.25) is 0 Å². The van der Waals surface area contributed by atoms with Gasteiger partial charge in [0, 0.05) is 23.1 Å². The third-order valence-corrected chi connectivity index (χ3v) is 4.83. The molecule has 0 atom stereocenters. The fourth-order valence-electron chi connectivity index (χ4n) is 2.75. The highest BCUT2D eigenvalue weighted by molar-refractivity contribution is 7.14. The van der Waals surface area contributed by atoms with Crippen LogP contribution in [0.15, 0.2) is 47.8 Å². The number of aromatic nitrogens is 1. The molecule has 1 aromatic heterocycles. The lowest BCUT2D eigenvalue weighted by Crippen LogP contribution is -2.25. The quantitative estimate of drug-likeness (QED) is 0.718. The number of hydrogen-bond donors (Lipinski definition) is 2. The summed E-state index contributed by atoms with van der Waals surface area (Å²) in [5.41, 5.74) is 3.52. The van der Waals surface area contributed by atoms with Crippen molar-refractivity contribution in [3.63, 3.8) is 0 Å². The number of anilines is 2. The van der Waals surface area contributed by atoms with E-state index in [4.69, 9.17) is 9.47 Å². The van der Waals surface area contributed by atoms with Gasteiger partial charge in [-0.15, -0.1) is 11.3 Å². The Hall–Kier alpha value is -3.06. The van der Waals surface area contributed by atoms with E-state index in [0.29, 0.717) is 18.0 Å². The average molecular weight is 367 g/mol. The Morgan fingerprint density at radius 1 is 1.31 bits per heavy atom. The second-order valence-corrected chi connectivity index (χ2v) is 6.61. The molecule has 26 heavy (non-hydrogen) atoms. The van der Waals surface area contributed by atoms with Crippen LogP contribution in [0, 0.1) is 0 Å². The number of amides is 1. The van der Waals surface area contributed by atoms with E-state index in [1.807, 2.05) is 47.8 Å². The summed E-state index contributed by atoms with van der Waals surface area (Å²) in [7, 11) is 1.67. The second kappa shape index (κ2) is 7.05. The number of rotatable bonds is 5. The van der Waals surface area contributed by atoms with Crippen molar-refractivity contribution in [2.75, 3.05) is 24.4 Å². The lowest BCUT2D eigenvalue weighted by Gasteiger charge is -2.18. The van der Waals surface area contributed by atoms with Gasteiger partial charge < -0.3 is 20.1 Å². The molecule has 0 bridgehead atoms. The van der Waals surface area contributed by atoms with Crippen molar-refractivity contribution < 1.29 is 14.3 Å². The zero-order chi connectivity index (χ0) is 17.9. The summed E-state index contributed by atoms with van der Waals surface area (Å²) in [6, 6.07) is 13.6. The number of thiazole rings is 1. The fourth-order valence-corrected chi connectivity index (χ4v) is 3.47. The van der Waals surface area contributed by atoms with Crippen LogP contribution in [0.4, 0.5) is 10.8 Å². The fraction of sp³-hybridized carbons (Fsp3) is 0.158. The van der Waals surface area contributed by atoms with Crippen LogP contribution in [0.25, 0.3) is 11.3 Å². The highest BCUT2D eigenvalue weighted by Crippen LogP contribution is 2.34. The molecular weight excluding hydrogens is 350 g/mol. The zero-order valence-electron chi connectivity index (χ0n) is 14.1. The molecule has 1 amide bonds. The first kappa shape index (κ1) is 16.4. The van der Waals surface area contributed by atoms with Gasteiger partial charge in [0.1, 0.15) is 11.5 Å². The number of carbonyl (C=O) groups excluding carboxylic acids is 1. The minimum absolute atomic E-state index is 0.0556. The number of ether oxygens (including phenoxy) is 2. The molecule has 4 rings (SSSR count). The average Bonchev–Trinajstić information content (AvgIpc) is 3.15. The van der Waals surface area contributed by atoms with E-state index in [1.165, 1.54) is 11.3 Å². The predicted molar refractivity (Wildman–Crippen MR) is 102 cm³/mol. The number of nitrogens with one attached hydrogen (secondary N) is 2. The van der Waals surface area contributed by atoms with Gasteiger partial charge in [0.05, 0.1) is 18.5 Å². The van der Waals surface area contributed by atoms with Gasteiger partial charge in [0.25, 0.3) is 5.91 Å². The number of benzene rings is 2. The van der Waals surface area contributed by atoms with Gasteiger partial charge in [-0.05, 0) is 24.3 Å². The predicted octanol–water partition coefficient (Wildman–Crippen LogP) is 3.76. The van der Waals surface area contributed by atoms with E-state index in [1.54, 1.807) is 7.11 Å². The minimum atomic E-state index is -0.146. The number of methoxy groups -OCH3 is 1. The van der Waals surface area contributed by atoms with Crippen molar-refractivity contribution in [2.45, 2.75) is 6.54 Å². The Labute approximate surface area is 154 Å². The van der Waals surface area contributed by atoms with Gasteiger partial charge in [-0.25, -0.2) is 4.98 Å². The number of carbonyl (C=O) groups is 1. The molecule has 6 nitrogen and oxygen atoms in total. The highest BCUT2D eigenvalue weighted by Gasteiger charge is 2.17. The highest BCUT2D eigenvalue weighted by atomic mass is 32.1. The van der Waals surface area contributed by atoms with Crippen LogP contribution in [-0.2, 0) is 11.3 Å². The van der Waals surface area contributed by atoms with Gasteiger partial charge in [-0.1, -0.05) is 18.2 Å². The monoisotopic (exact) mass is 367 g/mol. The van der Waals surface area contributed by atoms with E-state index in [9.17, 15) is 4.79 Å². The normalized spacial score (nSPS) is 12.7. The van der Waals surface area contributed by atoms with Crippen molar-refractivity contribution in [1.82, 2.24) is 4.98 Å². The Balaban J connectivity index is 1.50. The smallest absolute Gasteiger partial charge is 0.262 e. The molecular formula is C19H17N3O3S. The molecule has 0 spiro atoms. The van der Waals surface area contributed by atoms with E-state index in [0.717, 1.165) is 27.7 Å². The van der Waals surface area contributed by atoms with E-state index in [-0.39, 0.29) is 12.5 Å². The van der Waals surface area contributed by atoms with Crippen LogP contribution in [0.5, 0.6) is 11.5 Å². The van der Waals surface area contributed by atoms with Crippen molar-refractivity contribution in [2.24, 2.45) is 0 Å². The molecule has 0 fully saturated rings. The third-order valence-electron chi connectivity index (χ3n) is 4.03. The van der Waals surface area contributed by atoms with Crippen LogP contribution < -0.4 is 20.1 Å². The number of hydrogen-bond acceptors (Lipinski definition) is 6. The lowest BCUT2D eigenvalue weighted by molar-refractivity contribution is -0.118. The van der Waals surface area contributed by atoms with Crippen molar-refractivity contribution in [3.8, 4) is 22.8 Å². The summed E-state index contributed by atoms with van der Waals surface area (Å²) in [5, 5.41) is 8.95. The Bertz CT molecular complexity index is 955. The summed E-state index contributed by atoms with van der Waals surface area (Å²) >= 11 is 1.53. The maximum absolute atomic E-state index is 11.5. The molecule has 2 heterocycles. The number of nitrogens with zero attached hydrogens (tertiary/aromatic N) is 1. The number of fused-ring (bicyclic) bond motifs is 1. The second-order valence-electron chi connectivity index (χ2n) is 5.75. The third kappa shape index (κ3) is 3.34. The minimum Gasteiger partial charge on any atom is -0.496 e. The first-order chi connectivity index (χ1) is 12.7. The van der Waals surface area contributed by atoms with Crippen molar-refractivity contribution in [1.29, 1.82) is 0 Å². The molecule has 2 aromatic carbocycles. The molecule has 0 radical (unpaired) electrons. The van der Waals surface area contributed by atoms with Crippen LogP contribution in [0.2, 0.25) is 0 Å². The van der Waals surface area contributed by atoms with Gasteiger partial charge in [-0.2, -0.15) is 0 Å². The molecule has 132 valence electrons. The first-order valence-electron chi connectivity index (χ1n) is 8.11. The SMILES string of the molecule is COc1ccccc1CNc1nc(-c2ccc3c(c2)NC(=O)CO3)cs1. The molecule has 0 unspecified atom stereocenters. The standard InChI is InChI=1S/C19H17N3O3S/c1-24-16-5-3-2-4-13(16)9-20-19-22-15(11-26-19)12-6-7-17-14(8-12)21-18(23)10-25-17/h2-8,11H,9-10H2,1H3,(H,20,22)(H,21,23). The Morgan fingerprint density at radius 2 is 2.19 bits per heavy atom. The van der Waals surface area contributed by atoms with Gasteiger partial charge in [0.15, 0.2) is 11.7 Å². The maximum atomic E-state index is 11.5. The number of para-hydroxylation sites is 1. The van der Waals surface area contributed by atoms with Crippen molar-refractivity contribution >= 4 is 28.1 Å². The zero-order valence-corrected chi connectivity index (χ0v) is 14.9. The molecule has 1 aliphatic rings. The first-order valence-corrected chi connectivity index (χ1v) is 8.99. The van der Waals surface area contributed by atoms with Crippen LogP contribution in [-0.4, -0.2) is 24.6 Å². The summed E-state index contributed by atoms with van der Waals surface area (Å²) in [5.74, 6) is 1.38. The molecule has 3 aromatic rings. The summed E-state index contributed by atoms with van der Waals surface area (Å²) in [4.78, 5) is 16.1. The molecule has 1 aliphatic heterocycles. The van der Waals surface area contributed by atoms with Gasteiger partial charge >= 0.3 is 0 Å². The van der Waals surface area contributed by atoms with E-state index in [2.05, 4.69) is 15.6 Å². The van der Waals surface area contributed by atoms with Crippen molar-refractivity contribution in [3.05, 3.63) is 53.4 Å². The van der Waals surface area contributed by atoms with E-state index < -0.39 is 0 Å². The summed E-state index contributed by atoms with van der Waals surface area (Å²) < 4.78 is 10.8. The molecule has 0 saturated heterocycles. The van der Waals surface area contributed by atoms with Crippen LogP contribution in [0.3, 0.4) is 0 Å². The molecule has 0 aliphatic carbocycles. The Morgan fingerprint density at radius 3 is 3.08 bits per heavy atom. The van der Waals surface area contributed by atoms with Crippen LogP contribution in [0.1, 0.15) is 5.56 Å². The Kier molecular flexibility index (Phi) is 4.45. The molecule has 2 N–H and O–H groups in total. The molecule has 7 heteroatoms. The van der Waals surface area contributed by atoms with E-state index >= 15 is 0 Å². The van der Waals surface area contributed by atoms with Gasteiger partial charge in [-0.3, -0.25) is 4.79 Å².